The molecule has 154 valence electrons. The molecule has 1 unspecified atom stereocenters. The molecule has 0 saturated heterocycles. The molecule has 0 radical (unpaired) electrons. The van der Waals surface area contributed by atoms with Gasteiger partial charge in [-0.05, 0) is 47.4 Å². The second kappa shape index (κ2) is 9.41. The van der Waals surface area contributed by atoms with E-state index >= 15 is 0 Å². The van der Waals surface area contributed by atoms with Gasteiger partial charge in [0.15, 0.2) is 0 Å². The van der Waals surface area contributed by atoms with Crippen LogP contribution in [0.5, 0.6) is 0 Å². The summed E-state index contributed by atoms with van der Waals surface area (Å²) in [6.07, 6.45) is 4.25. The molecule has 0 aliphatic carbocycles. The SMILES string of the molecule is CC(NC(=O)/C=C/c1ccc(NS(C)(=O)=O)cc1)c1ccc(-c2ccccc2)cc1. The minimum absolute atomic E-state index is 0.131. The number of rotatable bonds is 7. The molecule has 0 heterocycles. The van der Waals surface area contributed by atoms with E-state index in [0.29, 0.717) is 5.69 Å². The summed E-state index contributed by atoms with van der Waals surface area (Å²) in [6, 6.07) is 24.9. The first kappa shape index (κ1) is 21.3. The van der Waals surface area contributed by atoms with Crippen LogP contribution in [0.15, 0.2) is 84.9 Å². The molecule has 30 heavy (non-hydrogen) atoms. The molecule has 1 amide bonds. The van der Waals surface area contributed by atoms with Crippen molar-refractivity contribution in [3.05, 3.63) is 96.1 Å². The number of nitrogens with one attached hydrogen (secondary N) is 2. The van der Waals surface area contributed by atoms with Gasteiger partial charge in [-0.3, -0.25) is 9.52 Å². The predicted octanol–water partition coefficient (Wildman–Crippen LogP) is 4.62. The second-order valence-corrected chi connectivity index (χ2v) is 8.80. The predicted molar refractivity (Wildman–Crippen MR) is 122 cm³/mol. The molecule has 0 spiro atoms. The molecule has 0 aliphatic rings. The summed E-state index contributed by atoms with van der Waals surface area (Å²) < 4.78 is 24.9. The number of carbonyl (C=O) groups is 1. The van der Waals surface area contributed by atoms with Crippen LogP contribution < -0.4 is 10.0 Å². The van der Waals surface area contributed by atoms with Crippen molar-refractivity contribution in [1.29, 1.82) is 0 Å². The van der Waals surface area contributed by atoms with E-state index in [0.717, 1.165) is 28.5 Å². The fourth-order valence-electron chi connectivity index (χ4n) is 2.99. The average Bonchev–Trinajstić information content (AvgIpc) is 2.73. The largest absolute Gasteiger partial charge is 0.346 e. The van der Waals surface area contributed by atoms with Crippen LogP contribution in [0, 0.1) is 0 Å². The molecule has 2 N–H and O–H groups in total. The fraction of sp³-hybridized carbons (Fsp3) is 0.125. The van der Waals surface area contributed by atoms with Crippen molar-refractivity contribution in [1.82, 2.24) is 5.32 Å². The summed E-state index contributed by atoms with van der Waals surface area (Å²) in [7, 11) is -3.31. The normalized spacial score (nSPS) is 12.5. The maximum atomic E-state index is 12.3. The Morgan fingerprint density at radius 1 is 0.867 bits per heavy atom. The number of amides is 1. The lowest BCUT2D eigenvalue weighted by atomic mass is 10.0. The van der Waals surface area contributed by atoms with Gasteiger partial charge in [0.2, 0.25) is 15.9 Å². The van der Waals surface area contributed by atoms with Crippen LogP contribution in [0.4, 0.5) is 5.69 Å². The number of benzene rings is 3. The first-order valence-electron chi connectivity index (χ1n) is 9.52. The number of anilines is 1. The summed E-state index contributed by atoms with van der Waals surface area (Å²) in [6.45, 7) is 1.94. The lowest BCUT2D eigenvalue weighted by Gasteiger charge is -2.13. The Morgan fingerprint density at radius 2 is 1.47 bits per heavy atom. The first-order chi connectivity index (χ1) is 14.3. The molecule has 0 saturated carbocycles. The van der Waals surface area contributed by atoms with Crippen LogP contribution in [-0.2, 0) is 14.8 Å². The number of carbonyl (C=O) groups excluding carboxylic acids is 1. The number of sulfonamides is 1. The van der Waals surface area contributed by atoms with Gasteiger partial charge in [0.25, 0.3) is 0 Å². The molecule has 0 aliphatic heterocycles. The third-order valence-corrected chi connectivity index (χ3v) is 5.12. The standard InChI is InChI=1S/C24H24N2O3S/c1-18(20-11-13-22(14-12-20)21-6-4-3-5-7-21)25-24(27)17-10-19-8-15-23(16-9-19)26-30(2,28)29/h3-18,26H,1-2H3,(H,25,27)/b17-10+. The highest BCUT2D eigenvalue weighted by Crippen LogP contribution is 2.21. The van der Waals surface area contributed by atoms with Crippen molar-refractivity contribution in [2.45, 2.75) is 13.0 Å². The van der Waals surface area contributed by atoms with E-state index in [4.69, 9.17) is 0 Å². The Balaban J connectivity index is 1.57. The molecular formula is C24H24N2O3S. The van der Waals surface area contributed by atoms with Gasteiger partial charge >= 0.3 is 0 Å². The Hall–Kier alpha value is -3.38. The molecule has 1 atom stereocenters. The van der Waals surface area contributed by atoms with Gasteiger partial charge in [-0.25, -0.2) is 8.42 Å². The van der Waals surface area contributed by atoms with E-state index in [1.807, 2.05) is 37.3 Å². The van der Waals surface area contributed by atoms with Gasteiger partial charge in [-0.1, -0.05) is 66.7 Å². The molecule has 3 rings (SSSR count). The molecule has 0 fully saturated rings. The summed E-state index contributed by atoms with van der Waals surface area (Å²) in [5.41, 5.74) is 4.58. The zero-order valence-corrected chi connectivity index (χ0v) is 17.7. The Morgan fingerprint density at radius 3 is 2.07 bits per heavy atom. The van der Waals surface area contributed by atoms with Crippen LogP contribution >= 0.6 is 0 Å². The van der Waals surface area contributed by atoms with Crippen molar-refractivity contribution in [3.8, 4) is 11.1 Å². The van der Waals surface area contributed by atoms with Crippen LogP contribution in [0.1, 0.15) is 24.1 Å². The Kier molecular flexibility index (Phi) is 6.69. The van der Waals surface area contributed by atoms with E-state index in [1.165, 1.54) is 6.08 Å². The Bertz CT molecular complexity index is 1120. The zero-order valence-electron chi connectivity index (χ0n) is 16.9. The van der Waals surface area contributed by atoms with Gasteiger partial charge in [-0.15, -0.1) is 0 Å². The first-order valence-corrected chi connectivity index (χ1v) is 11.4. The van der Waals surface area contributed by atoms with Crippen molar-refractivity contribution < 1.29 is 13.2 Å². The molecule has 0 bridgehead atoms. The molecule has 5 nitrogen and oxygen atoms in total. The van der Waals surface area contributed by atoms with E-state index < -0.39 is 10.0 Å². The van der Waals surface area contributed by atoms with E-state index in [1.54, 1.807) is 30.3 Å². The van der Waals surface area contributed by atoms with Crippen molar-refractivity contribution in [2.24, 2.45) is 0 Å². The molecular weight excluding hydrogens is 396 g/mol. The lowest BCUT2D eigenvalue weighted by molar-refractivity contribution is -0.117. The van der Waals surface area contributed by atoms with Crippen molar-refractivity contribution in [3.63, 3.8) is 0 Å². The van der Waals surface area contributed by atoms with Crippen molar-refractivity contribution >= 4 is 27.7 Å². The van der Waals surface area contributed by atoms with Crippen LogP contribution in [0.3, 0.4) is 0 Å². The molecule has 0 aromatic heterocycles. The second-order valence-electron chi connectivity index (χ2n) is 7.05. The van der Waals surface area contributed by atoms with E-state index in [2.05, 4.69) is 34.3 Å². The van der Waals surface area contributed by atoms with Gasteiger partial charge in [0.05, 0.1) is 12.3 Å². The fourth-order valence-corrected chi connectivity index (χ4v) is 3.55. The Labute approximate surface area is 177 Å². The minimum atomic E-state index is -3.31. The summed E-state index contributed by atoms with van der Waals surface area (Å²) in [5, 5.41) is 2.95. The summed E-state index contributed by atoms with van der Waals surface area (Å²) in [4.78, 5) is 12.3. The third kappa shape index (κ3) is 6.32. The molecule has 3 aromatic carbocycles. The third-order valence-electron chi connectivity index (χ3n) is 4.52. The lowest BCUT2D eigenvalue weighted by Crippen LogP contribution is -2.24. The molecule has 6 heteroatoms. The highest BCUT2D eigenvalue weighted by molar-refractivity contribution is 7.92. The summed E-state index contributed by atoms with van der Waals surface area (Å²) >= 11 is 0. The van der Waals surface area contributed by atoms with Gasteiger partial charge in [0.1, 0.15) is 0 Å². The smallest absolute Gasteiger partial charge is 0.244 e. The zero-order chi connectivity index (χ0) is 21.6. The van der Waals surface area contributed by atoms with Gasteiger partial charge in [-0.2, -0.15) is 0 Å². The van der Waals surface area contributed by atoms with Crippen LogP contribution in [0.25, 0.3) is 17.2 Å². The average molecular weight is 421 g/mol. The van der Waals surface area contributed by atoms with Gasteiger partial charge < -0.3 is 5.32 Å². The minimum Gasteiger partial charge on any atom is -0.346 e. The highest BCUT2D eigenvalue weighted by atomic mass is 32.2. The summed E-state index contributed by atoms with van der Waals surface area (Å²) in [5.74, 6) is -0.201. The maximum Gasteiger partial charge on any atom is 0.244 e. The topological polar surface area (TPSA) is 75.3 Å². The number of hydrogen-bond acceptors (Lipinski definition) is 3. The highest BCUT2D eigenvalue weighted by Gasteiger charge is 2.08. The number of hydrogen-bond donors (Lipinski definition) is 2. The quantitative estimate of drug-likeness (QED) is 0.548. The van der Waals surface area contributed by atoms with Crippen LogP contribution in [-0.4, -0.2) is 20.6 Å². The van der Waals surface area contributed by atoms with Crippen molar-refractivity contribution in [2.75, 3.05) is 11.0 Å². The maximum absolute atomic E-state index is 12.3. The monoisotopic (exact) mass is 420 g/mol. The molecule has 3 aromatic rings. The van der Waals surface area contributed by atoms with Gasteiger partial charge in [0, 0.05) is 11.8 Å². The van der Waals surface area contributed by atoms with E-state index in [-0.39, 0.29) is 11.9 Å². The van der Waals surface area contributed by atoms with Crippen LogP contribution in [0.2, 0.25) is 0 Å². The van der Waals surface area contributed by atoms with E-state index in [9.17, 15) is 13.2 Å².